The number of hydrogen-bond donors (Lipinski definition) is 0. The third-order valence-corrected chi connectivity index (χ3v) is 4.25. The Labute approximate surface area is 110 Å². The number of halogens is 2. The lowest BCUT2D eigenvalue weighted by molar-refractivity contribution is -0.127. The summed E-state index contributed by atoms with van der Waals surface area (Å²) in [7, 11) is -4.68. The molecule has 0 radical (unpaired) electrons. The van der Waals surface area contributed by atoms with Crippen LogP contribution < -0.4 is 0 Å². The number of carbonyl (C=O) groups is 1. The van der Waals surface area contributed by atoms with Crippen molar-refractivity contribution in [2.45, 2.75) is 18.1 Å². The summed E-state index contributed by atoms with van der Waals surface area (Å²) in [6, 6.07) is 5.94. The van der Waals surface area contributed by atoms with Crippen LogP contribution in [0, 0.1) is 5.82 Å². The van der Waals surface area contributed by atoms with Gasteiger partial charge in [-0.3, -0.25) is 4.79 Å². The normalized spacial score (nSPS) is 20.0. The van der Waals surface area contributed by atoms with Crippen LogP contribution >= 0.6 is 0 Å². The molecule has 0 N–H and O–H groups in total. The van der Waals surface area contributed by atoms with Gasteiger partial charge < -0.3 is 4.90 Å². The molecular weight excluding hydrogens is 276 g/mol. The summed E-state index contributed by atoms with van der Waals surface area (Å²) in [5, 5.41) is -1.27. The monoisotopic (exact) mass is 289 g/mol. The minimum Gasteiger partial charge on any atom is -0.341 e. The van der Waals surface area contributed by atoms with Crippen LogP contribution in [0.25, 0.3) is 0 Å². The Morgan fingerprint density at radius 2 is 2.11 bits per heavy atom. The smallest absolute Gasteiger partial charge is 0.307 e. The molecule has 19 heavy (non-hydrogen) atoms. The van der Waals surface area contributed by atoms with Crippen LogP contribution in [-0.2, 0) is 21.4 Å². The highest BCUT2D eigenvalue weighted by atomic mass is 32.3. The summed E-state index contributed by atoms with van der Waals surface area (Å²) in [6.45, 7) is 0.126. The second kappa shape index (κ2) is 5.24. The number of benzene rings is 1. The maximum Gasteiger partial charge on any atom is 0.307 e. The Morgan fingerprint density at radius 1 is 1.37 bits per heavy atom. The molecule has 7 heteroatoms. The van der Waals surface area contributed by atoms with Crippen LogP contribution in [0.3, 0.4) is 0 Å². The van der Waals surface area contributed by atoms with Crippen LogP contribution in [0.4, 0.5) is 8.28 Å². The second-order valence-corrected chi connectivity index (χ2v) is 6.14. The van der Waals surface area contributed by atoms with Crippen LogP contribution in [0.1, 0.15) is 12.0 Å². The third kappa shape index (κ3) is 3.50. The van der Waals surface area contributed by atoms with E-state index in [1.165, 1.54) is 17.0 Å². The first-order valence-corrected chi connectivity index (χ1v) is 7.26. The van der Waals surface area contributed by atoms with Crippen LogP contribution in [0.2, 0.25) is 0 Å². The molecule has 1 aromatic carbocycles. The number of nitrogens with zero attached hydrogens (tertiary/aromatic N) is 1. The fraction of sp³-hybridized carbons (Fsp3) is 0.417. The Balaban J connectivity index is 1.96. The molecule has 0 aliphatic carbocycles. The number of hydrogen-bond acceptors (Lipinski definition) is 3. The molecule has 1 heterocycles. The van der Waals surface area contributed by atoms with Gasteiger partial charge in [0.2, 0.25) is 5.91 Å². The van der Waals surface area contributed by atoms with Gasteiger partial charge in [0.15, 0.2) is 0 Å². The lowest BCUT2D eigenvalue weighted by Gasteiger charge is -2.15. The van der Waals surface area contributed by atoms with Crippen LogP contribution in [0.15, 0.2) is 24.3 Å². The standard InChI is InChI=1S/C12H13F2NO3S/c13-10-3-1-2-9(6-10)4-5-15-8-11(7-12(15)16)19(14,17)18/h1-3,6,11H,4-5,7-8H2. The average molecular weight is 289 g/mol. The van der Waals surface area contributed by atoms with E-state index < -0.39 is 15.5 Å². The molecule has 1 aliphatic heterocycles. The van der Waals surface area contributed by atoms with Gasteiger partial charge in [0.25, 0.3) is 0 Å². The molecule has 1 aliphatic rings. The zero-order chi connectivity index (χ0) is 14.0. The van der Waals surface area contributed by atoms with Crippen molar-refractivity contribution in [2.75, 3.05) is 13.1 Å². The van der Waals surface area contributed by atoms with Gasteiger partial charge in [-0.25, -0.2) is 4.39 Å². The van der Waals surface area contributed by atoms with Gasteiger partial charge in [0.1, 0.15) is 11.1 Å². The second-order valence-electron chi connectivity index (χ2n) is 4.52. The molecule has 1 saturated heterocycles. The fourth-order valence-electron chi connectivity index (χ4n) is 2.10. The summed E-state index contributed by atoms with van der Waals surface area (Å²) >= 11 is 0. The first-order valence-electron chi connectivity index (χ1n) is 5.82. The maximum absolute atomic E-state index is 13.0. The summed E-state index contributed by atoms with van der Waals surface area (Å²) in [5.74, 6) is -0.753. The molecule has 0 spiro atoms. The van der Waals surface area contributed by atoms with Gasteiger partial charge >= 0.3 is 10.2 Å². The van der Waals surface area contributed by atoms with Crippen molar-refractivity contribution in [3.63, 3.8) is 0 Å². The summed E-state index contributed by atoms with van der Waals surface area (Å²) in [4.78, 5) is 12.8. The Bertz CT molecular complexity index is 588. The van der Waals surface area contributed by atoms with Crippen molar-refractivity contribution in [3.05, 3.63) is 35.6 Å². The molecule has 104 valence electrons. The van der Waals surface area contributed by atoms with Crippen molar-refractivity contribution < 1.29 is 21.5 Å². The number of amides is 1. The SMILES string of the molecule is O=C1CC(S(=O)(=O)F)CN1CCc1cccc(F)c1. The molecule has 1 aromatic rings. The minimum atomic E-state index is -4.68. The van der Waals surface area contributed by atoms with E-state index >= 15 is 0 Å². The number of rotatable bonds is 4. The molecule has 1 atom stereocenters. The third-order valence-electron chi connectivity index (χ3n) is 3.14. The zero-order valence-electron chi connectivity index (χ0n) is 10.1. The minimum absolute atomic E-state index is 0.132. The highest BCUT2D eigenvalue weighted by molar-refractivity contribution is 7.87. The zero-order valence-corrected chi connectivity index (χ0v) is 10.9. The first-order chi connectivity index (χ1) is 8.86. The molecule has 1 amide bonds. The van der Waals surface area contributed by atoms with Crippen molar-refractivity contribution in [3.8, 4) is 0 Å². The van der Waals surface area contributed by atoms with Crippen molar-refractivity contribution >= 4 is 16.1 Å². The van der Waals surface area contributed by atoms with Gasteiger partial charge in [-0.2, -0.15) is 8.42 Å². The summed E-state index contributed by atoms with van der Waals surface area (Å²) < 4.78 is 47.3. The Kier molecular flexibility index (Phi) is 3.84. The van der Waals surface area contributed by atoms with Gasteiger partial charge in [-0.15, -0.1) is 3.89 Å². The average Bonchev–Trinajstić information content (AvgIpc) is 2.68. The molecule has 0 saturated carbocycles. The molecule has 4 nitrogen and oxygen atoms in total. The maximum atomic E-state index is 13.0. The Morgan fingerprint density at radius 3 is 2.68 bits per heavy atom. The lowest BCUT2D eigenvalue weighted by atomic mass is 10.1. The number of carbonyl (C=O) groups excluding carboxylic acids is 1. The molecule has 2 rings (SSSR count). The van der Waals surface area contributed by atoms with E-state index in [0.717, 1.165) is 0 Å². The van der Waals surface area contributed by atoms with E-state index in [9.17, 15) is 21.5 Å². The van der Waals surface area contributed by atoms with Crippen molar-refractivity contribution in [1.29, 1.82) is 0 Å². The molecule has 1 unspecified atom stereocenters. The Hall–Kier alpha value is -1.50. The molecular formula is C12H13F2NO3S. The van der Waals surface area contributed by atoms with Crippen molar-refractivity contribution in [1.82, 2.24) is 4.90 Å². The van der Waals surface area contributed by atoms with E-state index in [1.807, 2.05) is 0 Å². The fourth-order valence-corrected chi connectivity index (χ4v) is 2.80. The first kappa shape index (κ1) is 13.9. The molecule has 0 bridgehead atoms. The van der Waals surface area contributed by atoms with E-state index in [4.69, 9.17) is 0 Å². The quantitative estimate of drug-likeness (QED) is 0.784. The topological polar surface area (TPSA) is 54.5 Å². The van der Waals surface area contributed by atoms with Gasteiger partial charge in [0, 0.05) is 19.5 Å². The van der Waals surface area contributed by atoms with E-state index in [0.29, 0.717) is 12.0 Å². The molecule has 1 fully saturated rings. The van der Waals surface area contributed by atoms with Gasteiger partial charge in [-0.1, -0.05) is 12.1 Å². The van der Waals surface area contributed by atoms with E-state index in [-0.39, 0.29) is 31.2 Å². The molecule has 0 aromatic heterocycles. The predicted octanol–water partition coefficient (Wildman–Crippen LogP) is 1.27. The number of likely N-dealkylation sites (tertiary alicyclic amines) is 1. The summed E-state index contributed by atoms with van der Waals surface area (Å²) in [5.41, 5.74) is 0.708. The lowest BCUT2D eigenvalue weighted by Crippen LogP contribution is -2.29. The summed E-state index contributed by atoms with van der Waals surface area (Å²) in [6.07, 6.45) is 0.0878. The predicted molar refractivity (Wildman–Crippen MR) is 65.1 cm³/mol. The van der Waals surface area contributed by atoms with E-state index in [2.05, 4.69) is 0 Å². The van der Waals surface area contributed by atoms with Gasteiger partial charge in [-0.05, 0) is 24.1 Å². The van der Waals surface area contributed by atoms with Crippen molar-refractivity contribution in [2.24, 2.45) is 0 Å². The van der Waals surface area contributed by atoms with E-state index in [1.54, 1.807) is 12.1 Å². The van der Waals surface area contributed by atoms with Gasteiger partial charge in [0.05, 0.1) is 0 Å². The highest BCUT2D eigenvalue weighted by Crippen LogP contribution is 2.20. The van der Waals surface area contributed by atoms with Crippen LogP contribution in [0.5, 0.6) is 0 Å². The largest absolute Gasteiger partial charge is 0.341 e. The van der Waals surface area contributed by atoms with Crippen LogP contribution in [-0.4, -0.2) is 37.6 Å². The highest BCUT2D eigenvalue weighted by Gasteiger charge is 2.37.